The minimum atomic E-state index is 0.574. The molecule has 0 amide bonds. The molecule has 0 N–H and O–H groups in total. The first-order chi connectivity index (χ1) is 11.1. The van der Waals surface area contributed by atoms with Gasteiger partial charge in [0.2, 0.25) is 0 Å². The number of hydrogen-bond acceptors (Lipinski definition) is 0. The van der Waals surface area contributed by atoms with Crippen LogP contribution in [0, 0.1) is 45.8 Å². The van der Waals surface area contributed by atoms with Gasteiger partial charge >= 0.3 is 0 Å². The van der Waals surface area contributed by atoms with Crippen molar-refractivity contribution in [3.8, 4) is 0 Å². The Balaban J connectivity index is 1.90. The molecule has 0 spiro atoms. The normalized spacial score (nSPS) is 48.0. The summed E-state index contributed by atoms with van der Waals surface area (Å²) in [5, 5.41) is 0. The first-order valence-corrected chi connectivity index (χ1v) is 11.1. The molecule has 140 valence electrons. The SMILES string of the molecule is CC(C)CCC1C(C)CCC2C1(C)CCC1C(C)(C)CCCC12C. The van der Waals surface area contributed by atoms with Crippen molar-refractivity contribution in [2.24, 2.45) is 45.8 Å². The standard InChI is InChI=1S/C24H44/c1-17(2)9-11-19-18(3)10-12-21-23(19,6)16-13-20-22(4,5)14-8-15-24(20,21)7/h17-21H,8-16H2,1-7H3. The molecule has 3 rings (SSSR count). The molecule has 0 heteroatoms. The lowest BCUT2D eigenvalue weighted by atomic mass is 9.38. The Bertz CT molecular complexity index is 447. The van der Waals surface area contributed by atoms with Crippen LogP contribution in [0.2, 0.25) is 0 Å². The fraction of sp³-hybridized carbons (Fsp3) is 1.00. The van der Waals surface area contributed by atoms with Gasteiger partial charge in [0, 0.05) is 0 Å². The second-order valence-electron chi connectivity index (χ2n) is 11.6. The van der Waals surface area contributed by atoms with Crippen molar-refractivity contribution in [1.82, 2.24) is 0 Å². The monoisotopic (exact) mass is 332 g/mol. The van der Waals surface area contributed by atoms with Gasteiger partial charge in [-0.1, -0.05) is 67.7 Å². The predicted molar refractivity (Wildman–Crippen MR) is 106 cm³/mol. The molecule has 3 aliphatic rings. The lowest BCUT2D eigenvalue weighted by Gasteiger charge is -2.66. The Kier molecular flexibility index (Phi) is 4.94. The van der Waals surface area contributed by atoms with Gasteiger partial charge in [0.25, 0.3) is 0 Å². The summed E-state index contributed by atoms with van der Waals surface area (Å²) in [7, 11) is 0. The van der Waals surface area contributed by atoms with Gasteiger partial charge in [-0.15, -0.1) is 0 Å². The molecule has 0 heterocycles. The van der Waals surface area contributed by atoms with Crippen LogP contribution in [0.3, 0.4) is 0 Å². The van der Waals surface area contributed by atoms with Crippen LogP contribution in [0.15, 0.2) is 0 Å². The maximum absolute atomic E-state index is 2.72. The van der Waals surface area contributed by atoms with E-state index in [1.807, 2.05) is 0 Å². The summed E-state index contributed by atoms with van der Waals surface area (Å²) >= 11 is 0. The van der Waals surface area contributed by atoms with Crippen LogP contribution >= 0.6 is 0 Å². The molecule has 0 bridgehead atoms. The Labute approximate surface area is 152 Å². The molecular formula is C24H44. The summed E-state index contributed by atoms with van der Waals surface area (Å²) in [6.45, 7) is 18.0. The topological polar surface area (TPSA) is 0 Å². The molecular weight excluding hydrogens is 288 g/mol. The van der Waals surface area contributed by atoms with Gasteiger partial charge in [-0.3, -0.25) is 0 Å². The molecule has 6 atom stereocenters. The molecule has 0 nitrogen and oxygen atoms in total. The van der Waals surface area contributed by atoms with Gasteiger partial charge < -0.3 is 0 Å². The third kappa shape index (κ3) is 2.88. The van der Waals surface area contributed by atoms with E-state index >= 15 is 0 Å². The molecule has 24 heavy (non-hydrogen) atoms. The average molecular weight is 333 g/mol. The smallest absolute Gasteiger partial charge is 0.0259 e. The second-order valence-corrected chi connectivity index (χ2v) is 11.6. The summed E-state index contributed by atoms with van der Waals surface area (Å²) in [6, 6.07) is 0. The van der Waals surface area contributed by atoms with Crippen molar-refractivity contribution in [3.63, 3.8) is 0 Å². The zero-order valence-electron chi connectivity index (χ0n) is 17.8. The minimum Gasteiger partial charge on any atom is -0.0628 e. The van der Waals surface area contributed by atoms with Crippen molar-refractivity contribution in [2.75, 3.05) is 0 Å². The van der Waals surface area contributed by atoms with E-state index in [1.165, 1.54) is 57.8 Å². The van der Waals surface area contributed by atoms with Gasteiger partial charge in [0.05, 0.1) is 0 Å². The maximum atomic E-state index is 2.72. The predicted octanol–water partition coefficient (Wildman–Crippen LogP) is 7.72. The summed E-state index contributed by atoms with van der Waals surface area (Å²) in [5.41, 5.74) is 1.81. The van der Waals surface area contributed by atoms with Crippen molar-refractivity contribution in [1.29, 1.82) is 0 Å². The molecule has 3 fully saturated rings. The zero-order chi connectivity index (χ0) is 17.8. The van der Waals surface area contributed by atoms with Crippen molar-refractivity contribution < 1.29 is 0 Å². The van der Waals surface area contributed by atoms with Crippen LogP contribution in [-0.4, -0.2) is 0 Å². The van der Waals surface area contributed by atoms with E-state index in [1.54, 1.807) is 0 Å². The van der Waals surface area contributed by atoms with E-state index in [9.17, 15) is 0 Å². The van der Waals surface area contributed by atoms with Crippen LogP contribution in [0.4, 0.5) is 0 Å². The Morgan fingerprint density at radius 3 is 2.21 bits per heavy atom. The molecule has 0 aromatic heterocycles. The van der Waals surface area contributed by atoms with E-state index in [0.717, 1.165) is 29.6 Å². The molecule has 0 aromatic rings. The summed E-state index contributed by atoms with van der Waals surface area (Å²) < 4.78 is 0. The highest BCUT2D eigenvalue weighted by Gasteiger charge is 2.61. The number of rotatable bonds is 3. The second kappa shape index (κ2) is 6.31. The van der Waals surface area contributed by atoms with Crippen molar-refractivity contribution in [3.05, 3.63) is 0 Å². The van der Waals surface area contributed by atoms with Crippen LogP contribution in [0.5, 0.6) is 0 Å². The van der Waals surface area contributed by atoms with Gasteiger partial charge in [-0.05, 0) is 84.4 Å². The van der Waals surface area contributed by atoms with E-state index in [4.69, 9.17) is 0 Å². The van der Waals surface area contributed by atoms with Gasteiger partial charge in [-0.25, -0.2) is 0 Å². The Hall–Kier alpha value is 0. The maximum Gasteiger partial charge on any atom is -0.0259 e. The highest BCUT2D eigenvalue weighted by molar-refractivity contribution is 5.10. The molecule has 0 radical (unpaired) electrons. The van der Waals surface area contributed by atoms with E-state index < -0.39 is 0 Å². The summed E-state index contributed by atoms with van der Waals surface area (Å²) in [5.74, 6) is 4.73. The largest absolute Gasteiger partial charge is 0.0628 e. The molecule has 6 unspecified atom stereocenters. The minimum absolute atomic E-state index is 0.574. The van der Waals surface area contributed by atoms with E-state index in [0.29, 0.717) is 16.2 Å². The lowest BCUT2D eigenvalue weighted by Crippen LogP contribution is -2.59. The molecule has 0 saturated heterocycles. The van der Waals surface area contributed by atoms with Gasteiger partial charge in [-0.2, -0.15) is 0 Å². The first-order valence-electron chi connectivity index (χ1n) is 11.1. The fourth-order valence-corrected chi connectivity index (χ4v) is 8.20. The van der Waals surface area contributed by atoms with Crippen LogP contribution in [-0.2, 0) is 0 Å². The lowest BCUT2D eigenvalue weighted by molar-refractivity contribution is -0.174. The molecule has 3 saturated carbocycles. The van der Waals surface area contributed by atoms with Crippen LogP contribution in [0.25, 0.3) is 0 Å². The summed E-state index contributed by atoms with van der Waals surface area (Å²) in [6.07, 6.45) is 13.4. The van der Waals surface area contributed by atoms with Crippen molar-refractivity contribution >= 4 is 0 Å². The number of hydrogen-bond donors (Lipinski definition) is 0. The van der Waals surface area contributed by atoms with Crippen molar-refractivity contribution in [2.45, 2.75) is 106 Å². The average Bonchev–Trinajstić information content (AvgIpc) is 2.44. The van der Waals surface area contributed by atoms with Crippen LogP contribution < -0.4 is 0 Å². The zero-order valence-corrected chi connectivity index (χ0v) is 17.8. The van der Waals surface area contributed by atoms with Crippen LogP contribution in [0.1, 0.15) is 106 Å². The molecule has 0 aliphatic heterocycles. The quantitative estimate of drug-likeness (QED) is 0.496. The highest BCUT2D eigenvalue weighted by atomic mass is 14.7. The highest BCUT2D eigenvalue weighted by Crippen LogP contribution is 2.69. The van der Waals surface area contributed by atoms with Gasteiger partial charge in [0.15, 0.2) is 0 Å². The first kappa shape index (κ1) is 18.8. The van der Waals surface area contributed by atoms with Gasteiger partial charge in [0.1, 0.15) is 0 Å². The molecule has 3 aliphatic carbocycles. The Morgan fingerprint density at radius 1 is 0.833 bits per heavy atom. The number of fused-ring (bicyclic) bond motifs is 3. The summed E-state index contributed by atoms with van der Waals surface area (Å²) in [4.78, 5) is 0. The fourth-order valence-electron chi connectivity index (χ4n) is 8.20. The third-order valence-corrected chi connectivity index (χ3v) is 9.34. The molecule has 0 aromatic carbocycles. The Morgan fingerprint density at radius 2 is 1.54 bits per heavy atom. The van der Waals surface area contributed by atoms with E-state index in [-0.39, 0.29) is 0 Å². The van der Waals surface area contributed by atoms with E-state index in [2.05, 4.69) is 48.5 Å². The third-order valence-electron chi connectivity index (χ3n) is 9.34.